The zero-order valence-electron chi connectivity index (χ0n) is 15.3. The van der Waals surface area contributed by atoms with Crippen LogP contribution in [0.2, 0.25) is 0 Å². The van der Waals surface area contributed by atoms with E-state index in [0.717, 1.165) is 12.8 Å². The van der Waals surface area contributed by atoms with Crippen LogP contribution in [0.25, 0.3) is 0 Å². The molecule has 0 bridgehead atoms. The highest BCUT2D eigenvalue weighted by atomic mass is 16.3. The van der Waals surface area contributed by atoms with Crippen LogP contribution in [0.4, 0.5) is 0 Å². The lowest BCUT2D eigenvalue weighted by Gasteiger charge is -2.28. The molecule has 0 fully saturated rings. The second-order valence-corrected chi connectivity index (χ2v) is 7.67. The second-order valence-electron chi connectivity index (χ2n) is 7.67. The monoisotopic (exact) mass is 333 g/mol. The van der Waals surface area contributed by atoms with Crippen molar-refractivity contribution in [3.63, 3.8) is 0 Å². The van der Waals surface area contributed by atoms with Gasteiger partial charge in [0.25, 0.3) is 0 Å². The van der Waals surface area contributed by atoms with Crippen molar-refractivity contribution in [3.05, 3.63) is 34.9 Å². The summed E-state index contributed by atoms with van der Waals surface area (Å²) >= 11 is 0. The summed E-state index contributed by atoms with van der Waals surface area (Å²) in [6.07, 6.45) is 12.0. The summed E-state index contributed by atoms with van der Waals surface area (Å²) in [4.78, 5) is 0. The quantitative estimate of drug-likeness (QED) is 0.541. The number of hydrogen-bond donors (Lipinski definition) is 3. The van der Waals surface area contributed by atoms with E-state index in [1.807, 2.05) is 0 Å². The van der Waals surface area contributed by atoms with Gasteiger partial charge in [-0.1, -0.05) is 57.2 Å². The van der Waals surface area contributed by atoms with Gasteiger partial charge in [-0.25, -0.2) is 0 Å². The highest BCUT2D eigenvalue weighted by molar-refractivity contribution is 5.38. The number of fused-ring (bicyclic) bond motifs is 1. The predicted octanol–water partition coefficient (Wildman–Crippen LogP) is 3.69. The van der Waals surface area contributed by atoms with Crippen LogP contribution in [-0.2, 0) is 12.8 Å². The highest BCUT2D eigenvalue weighted by Crippen LogP contribution is 2.38. The second kappa shape index (κ2) is 9.55. The van der Waals surface area contributed by atoms with Gasteiger partial charge in [-0.2, -0.15) is 0 Å². The summed E-state index contributed by atoms with van der Waals surface area (Å²) in [6.45, 7) is 1.94. The van der Waals surface area contributed by atoms with Crippen molar-refractivity contribution in [1.82, 2.24) is 0 Å². The number of benzene rings is 1. The van der Waals surface area contributed by atoms with Crippen molar-refractivity contribution in [3.8, 4) is 0 Å². The number of hydrogen-bond acceptors (Lipinski definition) is 3. The van der Waals surface area contributed by atoms with Crippen molar-refractivity contribution in [1.29, 1.82) is 0 Å². The van der Waals surface area contributed by atoms with Crippen LogP contribution in [0.15, 0.2) is 18.2 Å². The zero-order chi connectivity index (χ0) is 17.4. The maximum atomic E-state index is 9.43. The number of aliphatic hydroxyl groups is 2. The maximum Gasteiger partial charge on any atom is 0.0633 e. The van der Waals surface area contributed by atoms with E-state index < -0.39 is 5.54 Å². The Morgan fingerprint density at radius 3 is 2.50 bits per heavy atom. The fraction of sp³-hybridized carbons (Fsp3) is 0.714. The van der Waals surface area contributed by atoms with E-state index >= 15 is 0 Å². The van der Waals surface area contributed by atoms with Gasteiger partial charge in [0.2, 0.25) is 0 Å². The Kier molecular flexibility index (Phi) is 7.73. The van der Waals surface area contributed by atoms with Crippen LogP contribution in [0.1, 0.15) is 80.9 Å². The van der Waals surface area contributed by atoms with Crippen LogP contribution in [-0.4, -0.2) is 29.0 Å². The number of aryl methyl sites for hydroxylation is 2. The number of aliphatic hydroxyl groups excluding tert-OH is 2. The van der Waals surface area contributed by atoms with Crippen molar-refractivity contribution in [2.24, 2.45) is 5.73 Å². The third kappa shape index (κ3) is 5.30. The van der Waals surface area contributed by atoms with Crippen LogP contribution in [0.5, 0.6) is 0 Å². The molecule has 1 aliphatic rings. The Bertz CT molecular complexity index is 497. The third-order valence-electron chi connectivity index (χ3n) is 5.51. The van der Waals surface area contributed by atoms with Gasteiger partial charge >= 0.3 is 0 Å². The Balaban J connectivity index is 1.86. The molecule has 136 valence electrons. The molecule has 0 aliphatic heterocycles. The average molecular weight is 334 g/mol. The fourth-order valence-corrected chi connectivity index (χ4v) is 3.91. The number of nitrogens with two attached hydrogens (primary N) is 1. The van der Waals surface area contributed by atoms with E-state index in [1.54, 1.807) is 0 Å². The molecule has 0 spiro atoms. The molecule has 3 nitrogen and oxygen atoms in total. The van der Waals surface area contributed by atoms with Crippen molar-refractivity contribution in [2.75, 3.05) is 13.2 Å². The first-order valence-corrected chi connectivity index (χ1v) is 9.74. The van der Waals surface area contributed by atoms with Gasteiger partial charge in [-0.15, -0.1) is 0 Å². The minimum Gasteiger partial charge on any atom is -0.394 e. The molecule has 3 heteroatoms. The maximum absolute atomic E-state index is 9.43. The molecule has 0 saturated heterocycles. The third-order valence-corrected chi connectivity index (χ3v) is 5.51. The Morgan fingerprint density at radius 2 is 1.79 bits per heavy atom. The lowest BCUT2D eigenvalue weighted by molar-refractivity contribution is 0.108. The molecule has 0 radical (unpaired) electrons. The summed E-state index contributed by atoms with van der Waals surface area (Å²) in [7, 11) is 0. The lowest BCUT2D eigenvalue weighted by Crippen LogP contribution is -2.48. The number of rotatable bonds is 11. The van der Waals surface area contributed by atoms with E-state index in [4.69, 9.17) is 5.73 Å². The smallest absolute Gasteiger partial charge is 0.0633 e. The minimum absolute atomic E-state index is 0.161. The minimum atomic E-state index is -0.858. The molecule has 4 N–H and O–H groups in total. The highest BCUT2D eigenvalue weighted by Gasteiger charge is 2.32. The molecule has 0 amide bonds. The molecule has 2 rings (SSSR count). The lowest BCUT2D eigenvalue weighted by atomic mass is 9.85. The van der Waals surface area contributed by atoms with Crippen molar-refractivity contribution in [2.45, 2.75) is 82.6 Å². The average Bonchev–Trinajstić information content (AvgIpc) is 3.00. The van der Waals surface area contributed by atoms with Gasteiger partial charge in [-0.3, -0.25) is 0 Å². The molecule has 0 saturated carbocycles. The molecule has 1 unspecified atom stereocenters. The van der Waals surface area contributed by atoms with Crippen LogP contribution in [0, 0.1) is 0 Å². The molecule has 0 heterocycles. The SMILES string of the molecule is CCCCCCCCc1ccc2c(c1)CCC2CC(N)(CO)CO. The van der Waals surface area contributed by atoms with Gasteiger partial charge < -0.3 is 15.9 Å². The van der Waals surface area contributed by atoms with Gasteiger partial charge in [0.05, 0.1) is 18.8 Å². The normalized spacial score (nSPS) is 17.2. The summed E-state index contributed by atoms with van der Waals surface area (Å²) in [5.41, 5.74) is 9.49. The van der Waals surface area contributed by atoms with Crippen molar-refractivity contribution < 1.29 is 10.2 Å². The Hall–Kier alpha value is -0.900. The van der Waals surface area contributed by atoms with E-state index in [9.17, 15) is 10.2 Å². The van der Waals surface area contributed by atoms with Gasteiger partial charge in [-0.05, 0) is 54.7 Å². The fourth-order valence-electron chi connectivity index (χ4n) is 3.91. The van der Waals surface area contributed by atoms with Gasteiger partial charge in [0, 0.05) is 0 Å². The molecule has 1 aromatic carbocycles. The topological polar surface area (TPSA) is 66.5 Å². The summed E-state index contributed by atoms with van der Waals surface area (Å²) in [5, 5.41) is 18.9. The van der Waals surface area contributed by atoms with E-state index in [2.05, 4.69) is 25.1 Å². The van der Waals surface area contributed by atoms with Crippen molar-refractivity contribution >= 4 is 0 Å². The standard InChI is InChI=1S/C21H35NO2/c1-2-3-4-5-6-7-8-17-9-12-20-18(13-17)10-11-19(20)14-21(22,15-23)16-24/h9,12-13,19,23-24H,2-8,10-11,14-16,22H2,1H3. The van der Waals surface area contributed by atoms with E-state index in [0.29, 0.717) is 12.3 Å². The molecule has 1 atom stereocenters. The van der Waals surface area contributed by atoms with E-state index in [1.165, 1.54) is 61.6 Å². The first-order valence-electron chi connectivity index (χ1n) is 9.74. The van der Waals surface area contributed by atoms with E-state index in [-0.39, 0.29) is 13.2 Å². The first kappa shape index (κ1) is 19.4. The number of unbranched alkanes of at least 4 members (excludes halogenated alkanes) is 5. The Morgan fingerprint density at radius 1 is 1.08 bits per heavy atom. The first-order chi connectivity index (χ1) is 11.6. The molecule has 0 aromatic heterocycles. The predicted molar refractivity (Wildman–Crippen MR) is 100 cm³/mol. The molecule has 24 heavy (non-hydrogen) atoms. The van der Waals surface area contributed by atoms with Crippen LogP contribution in [0.3, 0.4) is 0 Å². The Labute approximate surface area is 147 Å². The van der Waals surface area contributed by atoms with Crippen LogP contribution < -0.4 is 5.73 Å². The molecular weight excluding hydrogens is 298 g/mol. The summed E-state index contributed by atoms with van der Waals surface area (Å²) in [5.74, 6) is 0.368. The molecule has 1 aromatic rings. The molecule has 1 aliphatic carbocycles. The van der Waals surface area contributed by atoms with Gasteiger partial charge in [0.15, 0.2) is 0 Å². The van der Waals surface area contributed by atoms with Gasteiger partial charge in [0.1, 0.15) is 0 Å². The molecular formula is C21H35NO2. The zero-order valence-corrected chi connectivity index (χ0v) is 15.3. The largest absolute Gasteiger partial charge is 0.394 e. The summed E-state index contributed by atoms with van der Waals surface area (Å²) < 4.78 is 0. The summed E-state index contributed by atoms with van der Waals surface area (Å²) in [6, 6.07) is 6.89. The van der Waals surface area contributed by atoms with Crippen LogP contribution >= 0.6 is 0 Å².